The molecule has 35 heavy (non-hydrogen) atoms. The van der Waals surface area contributed by atoms with Gasteiger partial charge >= 0.3 is 0 Å². The molecule has 3 aromatic rings. The lowest BCUT2D eigenvalue weighted by molar-refractivity contribution is 0.0997. The number of benzene rings is 2. The Bertz CT molecular complexity index is 1230. The molecule has 0 radical (unpaired) electrons. The number of pyridine rings is 1. The van der Waals surface area contributed by atoms with Gasteiger partial charge in [0, 0.05) is 30.6 Å². The summed E-state index contributed by atoms with van der Waals surface area (Å²) in [6.07, 6.45) is 3.21. The first kappa shape index (κ1) is 30.1. The average Bonchev–Trinajstić information content (AvgIpc) is 2.82. The summed E-state index contributed by atoms with van der Waals surface area (Å²) in [6, 6.07) is 12.1. The number of aromatic nitrogens is 1. The summed E-state index contributed by atoms with van der Waals surface area (Å²) in [5.41, 5.74) is 6.53. The molecule has 12 heteroatoms. The Kier molecular flexibility index (Phi) is 11.4. The van der Waals surface area contributed by atoms with Gasteiger partial charge in [-0.15, -0.1) is 24.8 Å². The van der Waals surface area contributed by atoms with E-state index in [0.717, 1.165) is 23.3 Å². The van der Waals surface area contributed by atoms with Crippen LogP contribution in [0.3, 0.4) is 0 Å². The van der Waals surface area contributed by atoms with E-state index in [-0.39, 0.29) is 45.9 Å². The third-order valence-corrected chi connectivity index (χ3v) is 6.82. The lowest BCUT2D eigenvalue weighted by Gasteiger charge is -2.12. The second kappa shape index (κ2) is 13.3. The summed E-state index contributed by atoms with van der Waals surface area (Å²) in [7, 11) is -2.74. The monoisotopic (exact) mass is 543 g/mol. The molecule has 9 nitrogen and oxygen atoms in total. The number of aliphatic hydroxyl groups excluding tert-OH is 1. The maximum atomic E-state index is 13.0. The van der Waals surface area contributed by atoms with E-state index in [1.54, 1.807) is 36.7 Å². The van der Waals surface area contributed by atoms with Crippen molar-refractivity contribution in [3.63, 3.8) is 0 Å². The van der Waals surface area contributed by atoms with Gasteiger partial charge in [0.2, 0.25) is 9.84 Å². The fourth-order valence-electron chi connectivity index (χ4n) is 3.21. The van der Waals surface area contributed by atoms with Gasteiger partial charge in [0.05, 0.1) is 28.6 Å². The zero-order chi connectivity index (χ0) is 24.0. The Morgan fingerprint density at radius 3 is 2.40 bits per heavy atom. The van der Waals surface area contributed by atoms with Crippen molar-refractivity contribution in [1.82, 2.24) is 10.3 Å². The first-order valence-corrected chi connectivity index (χ1v) is 11.6. The van der Waals surface area contributed by atoms with E-state index in [2.05, 4.69) is 10.3 Å². The van der Waals surface area contributed by atoms with Crippen LogP contribution in [0.2, 0.25) is 0 Å². The molecule has 0 bridgehead atoms. The van der Waals surface area contributed by atoms with Crippen LogP contribution in [0.1, 0.15) is 27.6 Å². The lowest BCUT2D eigenvalue weighted by Crippen LogP contribution is -2.23. The van der Waals surface area contributed by atoms with E-state index in [9.17, 15) is 23.4 Å². The molecule has 0 saturated carbocycles. The first-order valence-electron chi connectivity index (χ1n) is 10.1. The molecule has 0 aliphatic heterocycles. The average molecular weight is 544 g/mol. The van der Waals surface area contributed by atoms with Crippen LogP contribution in [0.15, 0.2) is 70.7 Å². The number of phenols is 1. The van der Waals surface area contributed by atoms with Crippen molar-refractivity contribution in [3.05, 3.63) is 77.6 Å². The Labute approximate surface area is 216 Å². The fourth-order valence-corrected chi connectivity index (χ4v) is 4.52. The minimum Gasteiger partial charge on any atom is -0.504 e. The SMILES string of the molecule is COc1cc(S(=O)(=O)c2ccc(CCNC[C@H](O)c3cccnc3)cc2)cc(C(N)=O)c1O.Cl.Cl. The molecule has 1 heterocycles. The van der Waals surface area contributed by atoms with Crippen LogP contribution in [0, 0.1) is 0 Å². The van der Waals surface area contributed by atoms with Gasteiger partial charge in [-0.2, -0.15) is 0 Å². The number of amides is 1. The van der Waals surface area contributed by atoms with Crippen LogP contribution < -0.4 is 15.8 Å². The summed E-state index contributed by atoms with van der Waals surface area (Å²) in [4.78, 5) is 15.4. The van der Waals surface area contributed by atoms with Gasteiger partial charge in [0.15, 0.2) is 11.5 Å². The number of aromatic hydroxyl groups is 1. The maximum absolute atomic E-state index is 13.0. The fraction of sp³-hybridized carbons (Fsp3) is 0.217. The van der Waals surface area contributed by atoms with Crippen LogP contribution in [0.4, 0.5) is 0 Å². The van der Waals surface area contributed by atoms with E-state index in [0.29, 0.717) is 19.5 Å². The van der Waals surface area contributed by atoms with Crippen molar-refractivity contribution in [1.29, 1.82) is 0 Å². The van der Waals surface area contributed by atoms with Gasteiger partial charge in [-0.3, -0.25) is 9.78 Å². The molecule has 0 unspecified atom stereocenters. The first-order chi connectivity index (χ1) is 15.7. The maximum Gasteiger partial charge on any atom is 0.252 e. The number of hydrogen-bond acceptors (Lipinski definition) is 8. The minimum absolute atomic E-state index is 0. The molecule has 1 amide bonds. The highest BCUT2D eigenvalue weighted by atomic mass is 35.5. The van der Waals surface area contributed by atoms with Crippen LogP contribution in [-0.4, -0.2) is 49.7 Å². The van der Waals surface area contributed by atoms with E-state index >= 15 is 0 Å². The number of sulfone groups is 1. The van der Waals surface area contributed by atoms with Crippen LogP contribution in [0.25, 0.3) is 0 Å². The summed E-state index contributed by atoms with van der Waals surface area (Å²) in [5, 5.41) is 23.3. The normalized spacial score (nSPS) is 11.6. The molecule has 1 atom stereocenters. The third-order valence-electron chi connectivity index (χ3n) is 5.08. The van der Waals surface area contributed by atoms with Crippen molar-refractivity contribution < 1.29 is 28.2 Å². The van der Waals surface area contributed by atoms with Gasteiger partial charge < -0.3 is 26.0 Å². The number of carbonyl (C=O) groups is 1. The number of primary amides is 1. The van der Waals surface area contributed by atoms with Crippen molar-refractivity contribution in [2.24, 2.45) is 5.73 Å². The molecule has 2 aromatic carbocycles. The predicted octanol–water partition coefficient (Wildman–Crippen LogP) is 2.44. The Morgan fingerprint density at radius 1 is 1.14 bits per heavy atom. The second-order valence-corrected chi connectivity index (χ2v) is 9.24. The quantitative estimate of drug-likeness (QED) is 0.284. The standard InChI is InChI=1S/C23H25N3O6S.2ClH/c1-32-21-12-18(11-19(22(21)28)23(24)29)33(30,31)17-6-4-15(5-7-17)8-10-26-14-20(27)16-3-2-9-25-13-16;;/h2-7,9,11-13,20,26-28H,8,10,14H2,1H3,(H2,24,29);2*1H/t20-;;/m0../s1. The number of nitrogens with zero attached hydrogens (tertiary/aromatic N) is 1. The number of nitrogens with one attached hydrogen (secondary N) is 1. The molecular formula is C23H27Cl2N3O6S. The molecule has 0 aliphatic rings. The van der Waals surface area contributed by atoms with Gasteiger partial charge in [-0.05, 0) is 42.8 Å². The zero-order valence-corrected chi connectivity index (χ0v) is 21.2. The van der Waals surface area contributed by atoms with Crippen molar-refractivity contribution in [3.8, 4) is 11.5 Å². The molecule has 3 rings (SSSR count). The zero-order valence-electron chi connectivity index (χ0n) is 18.7. The van der Waals surface area contributed by atoms with Gasteiger partial charge in [-0.25, -0.2) is 8.42 Å². The number of halogens is 2. The smallest absolute Gasteiger partial charge is 0.252 e. The molecule has 5 N–H and O–H groups in total. The highest BCUT2D eigenvalue weighted by Gasteiger charge is 2.23. The molecule has 190 valence electrons. The van der Waals surface area contributed by atoms with E-state index < -0.39 is 27.6 Å². The predicted molar refractivity (Wildman–Crippen MR) is 135 cm³/mol. The number of nitrogens with two attached hydrogens (primary N) is 1. The number of carbonyl (C=O) groups excluding carboxylic acids is 1. The molecule has 0 fully saturated rings. The molecule has 1 aromatic heterocycles. The van der Waals surface area contributed by atoms with Gasteiger partial charge in [0.1, 0.15) is 0 Å². The summed E-state index contributed by atoms with van der Waals surface area (Å²) >= 11 is 0. The largest absolute Gasteiger partial charge is 0.504 e. The Hall–Kier alpha value is -2.89. The minimum atomic E-state index is -3.98. The Morgan fingerprint density at radius 2 is 1.83 bits per heavy atom. The van der Waals surface area contributed by atoms with Crippen LogP contribution in [0.5, 0.6) is 11.5 Å². The third kappa shape index (κ3) is 7.30. The number of aliphatic hydroxyl groups is 1. The van der Waals surface area contributed by atoms with Crippen molar-refractivity contribution >= 4 is 40.6 Å². The van der Waals surface area contributed by atoms with E-state index in [1.807, 2.05) is 0 Å². The number of ether oxygens (including phenoxy) is 1. The topological polar surface area (TPSA) is 152 Å². The molecule has 0 spiro atoms. The van der Waals surface area contributed by atoms with Crippen molar-refractivity contribution in [2.45, 2.75) is 22.3 Å². The molecular weight excluding hydrogens is 517 g/mol. The molecule has 0 aliphatic carbocycles. The van der Waals surface area contributed by atoms with Gasteiger partial charge in [-0.1, -0.05) is 18.2 Å². The van der Waals surface area contributed by atoms with Crippen molar-refractivity contribution in [2.75, 3.05) is 20.2 Å². The number of rotatable bonds is 10. The summed E-state index contributed by atoms with van der Waals surface area (Å²) < 4.78 is 31.0. The van der Waals surface area contributed by atoms with E-state index in [1.165, 1.54) is 19.2 Å². The summed E-state index contributed by atoms with van der Waals surface area (Å²) in [5.74, 6) is -1.65. The second-order valence-electron chi connectivity index (χ2n) is 7.29. The lowest BCUT2D eigenvalue weighted by atomic mass is 10.1. The number of methoxy groups -OCH3 is 1. The summed E-state index contributed by atoms with van der Waals surface area (Å²) in [6.45, 7) is 0.948. The van der Waals surface area contributed by atoms with Crippen LogP contribution in [-0.2, 0) is 16.3 Å². The van der Waals surface area contributed by atoms with Gasteiger partial charge in [0.25, 0.3) is 5.91 Å². The number of hydrogen-bond donors (Lipinski definition) is 4. The highest BCUT2D eigenvalue weighted by Crippen LogP contribution is 2.34. The Balaban J connectivity index is 0.00000306. The molecule has 0 saturated heterocycles. The van der Waals surface area contributed by atoms with E-state index in [4.69, 9.17) is 10.5 Å². The van der Waals surface area contributed by atoms with Crippen LogP contribution >= 0.6 is 24.8 Å². The highest BCUT2D eigenvalue weighted by molar-refractivity contribution is 7.91.